The van der Waals surface area contributed by atoms with Crippen molar-refractivity contribution >= 4 is 17.3 Å². The zero-order valence-corrected chi connectivity index (χ0v) is 11.5. The summed E-state index contributed by atoms with van der Waals surface area (Å²) in [6.07, 6.45) is 1.29. The molecule has 1 unspecified atom stereocenters. The highest BCUT2D eigenvalue weighted by Gasteiger charge is 2.24. The van der Waals surface area contributed by atoms with Gasteiger partial charge >= 0.3 is 5.69 Å². The molecule has 0 saturated heterocycles. The van der Waals surface area contributed by atoms with E-state index in [0.29, 0.717) is 6.61 Å². The number of nitrogens with zero attached hydrogens (tertiary/aromatic N) is 3. The smallest absolute Gasteiger partial charge is 0.353 e. The number of methoxy groups -OCH3 is 1. The van der Waals surface area contributed by atoms with Crippen LogP contribution in [-0.2, 0) is 4.74 Å². The van der Waals surface area contributed by atoms with Crippen molar-refractivity contribution in [2.45, 2.75) is 32.9 Å². The standard InChI is InChI=1S/C11H19N5O3/c1-7(2)14-10-9(16(17)18)11(13-6-12-10)15-8(3)5-19-4/h6-8H,5H2,1-4H3,(H2,12,13,14,15). The first-order valence-electron chi connectivity index (χ1n) is 5.97. The van der Waals surface area contributed by atoms with Crippen molar-refractivity contribution in [1.29, 1.82) is 0 Å². The van der Waals surface area contributed by atoms with Gasteiger partial charge in [-0.3, -0.25) is 10.1 Å². The van der Waals surface area contributed by atoms with E-state index in [1.165, 1.54) is 6.33 Å². The highest BCUT2D eigenvalue weighted by molar-refractivity contribution is 5.69. The van der Waals surface area contributed by atoms with Gasteiger partial charge < -0.3 is 15.4 Å². The van der Waals surface area contributed by atoms with E-state index in [4.69, 9.17) is 4.74 Å². The summed E-state index contributed by atoms with van der Waals surface area (Å²) in [5, 5.41) is 17.1. The van der Waals surface area contributed by atoms with Crippen LogP contribution in [0.2, 0.25) is 0 Å². The number of anilines is 2. The lowest BCUT2D eigenvalue weighted by molar-refractivity contribution is -0.383. The summed E-state index contributed by atoms with van der Waals surface area (Å²) < 4.78 is 4.98. The molecule has 0 aliphatic rings. The van der Waals surface area contributed by atoms with Crippen molar-refractivity contribution in [2.24, 2.45) is 0 Å². The molecule has 8 nitrogen and oxygen atoms in total. The fraction of sp³-hybridized carbons (Fsp3) is 0.636. The zero-order valence-electron chi connectivity index (χ0n) is 11.5. The lowest BCUT2D eigenvalue weighted by Gasteiger charge is -2.15. The molecule has 2 N–H and O–H groups in total. The zero-order chi connectivity index (χ0) is 14.4. The average molecular weight is 269 g/mol. The summed E-state index contributed by atoms with van der Waals surface area (Å²) in [6.45, 7) is 6.04. The van der Waals surface area contributed by atoms with Crippen molar-refractivity contribution in [3.05, 3.63) is 16.4 Å². The molecule has 19 heavy (non-hydrogen) atoms. The third-order valence-corrected chi connectivity index (χ3v) is 2.23. The van der Waals surface area contributed by atoms with E-state index in [1.807, 2.05) is 20.8 Å². The lowest BCUT2D eigenvalue weighted by atomic mass is 10.3. The van der Waals surface area contributed by atoms with E-state index in [0.717, 1.165) is 0 Å². The Bertz CT molecular complexity index is 438. The monoisotopic (exact) mass is 269 g/mol. The lowest BCUT2D eigenvalue weighted by Crippen LogP contribution is -2.23. The van der Waals surface area contributed by atoms with Crippen molar-refractivity contribution in [3.8, 4) is 0 Å². The van der Waals surface area contributed by atoms with Gasteiger partial charge in [0.15, 0.2) is 0 Å². The van der Waals surface area contributed by atoms with Gasteiger partial charge in [-0.25, -0.2) is 9.97 Å². The molecule has 8 heteroatoms. The third kappa shape index (κ3) is 4.32. The number of rotatable bonds is 7. The van der Waals surface area contributed by atoms with Crippen molar-refractivity contribution in [1.82, 2.24) is 9.97 Å². The summed E-state index contributed by atoms with van der Waals surface area (Å²) in [4.78, 5) is 18.5. The first-order valence-corrected chi connectivity index (χ1v) is 5.97. The molecule has 0 aliphatic carbocycles. The predicted octanol–water partition coefficient (Wildman–Crippen LogP) is 1.65. The first kappa shape index (κ1) is 15.1. The fourth-order valence-electron chi connectivity index (χ4n) is 1.56. The van der Waals surface area contributed by atoms with Crippen LogP contribution in [-0.4, -0.2) is 40.7 Å². The molecule has 0 bridgehead atoms. The Morgan fingerprint density at radius 3 is 2.37 bits per heavy atom. The Morgan fingerprint density at radius 2 is 1.89 bits per heavy atom. The van der Waals surface area contributed by atoms with Gasteiger partial charge in [-0.2, -0.15) is 0 Å². The van der Waals surface area contributed by atoms with Crippen LogP contribution in [0.1, 0.15) is 20.8 Å². The second-order valence-corrected chi connectivity index (χ2v) is 4.48. The van der Waals surface area contributed by atoms with E-state index in [1.54, 1.807) is 7.11 Å². The van der Waals surface area contributed by atoms with E-state index in [9.17, 15) is 10.1 Å². The van der Waals surface area contributed by atoms with Crippen LogP contribution in [0.25, 0.3) is 0 Å². The molecule has 0 aromatic carbocycles. The SMILES string of the molecule is COCC(C)Nc1ncnc(NC(C)C)c1[N+](=O)[O-]. The molecule has 0 radical (unpaired) electrons. The largest absolute Gasteiger partial charge is 0.383 e. The molecule has 1 rings (SSSR count). The molecule has 1 heterocycles. The molecular weight excluding hydrogens is 250 g/mol. The third-order valence-electron chi connectivity index (χ3n) is 2.23. The predicted molar refractivity (Wildman–Crippen MR) is 72.4 cm³/mol. The molecule has 0 saturated carbocycles. The molecule has 0 aliphatic heterocycles. The van der Waals surface area contributed by atoms with Gasteiger partial charge in [-0.1, -0.05) is 0 Å². The van der Waals surface area contributed by atoms with E-state index < -0.39 is 4.92 Å². The molecular formula is C11H19N5O3. The Hall–Kier alpha value is -1.96. The Balaban J connectivity index is 3.06. The van der Waals surface area contributed by atoms with Crippen LogP contribution < -0.4 is 10.6 Å². The Morgan fingerprint density at radius 1 is 1.32 bits per heavy atom. The van der Waals surface area contributed by atoms with Crippen LogP contribution in [0.5, 0.6) is 0 Å². The van der Waals surface area contributed by atoms with Crippen molar-refractivity contribution in [2.75, 3.05) is 24.4 Å². The maximum atomic E-state index is 11.2. The summed E-state index contributed by atoms with van der Waals surface area (Å²) in [7, 11) is 1.57. The molecule has 0 fully saturated rings. The summed E-state index contributed by atoms with van der Waals surface area (Å²) in [5.74, 6) is 0.398. The molecule has 0 spiro atoms. The fourth-order valence-corrected chi connectivity index (χ4v) is 1.56. The molecule has 1 aromatic rings. The van der Waals surface area contributed by atoms with Crippen LogP contribution >= 0.6 is 0 Å². The maximum Gasteiger partial charge on any atom is 0.353 e. The van der Waals surface area contributed by atoms with Gasteiger partial charge in [-0.15, -0.1) is 0 Å². The Kier molecular flexibility index (Phi) is 5.43. The number of hydrogen-bond donors (Lipinski definition) is 2. The second kappa shape index (κ2) is 6.83. The van der Waals surface area contributed by atoms with E-state index >= 15 is 0 Å². The van der Waals surface area contributed by atoms with Gasteiger partial charge in [-0.05, 0) is 20.8 Å². The minimum Gasteiger partial charge on any atom is -0.383 e. The van der Waals surface area contributed by atoms with E-state index in [2.05, 4.69) is 20.6 Å². The summed E-state index contributed by atoms with van der Waals surface area (Å²) in [5.41, 5.74) is -0.154. The number of nitrogens with one attached hydrogen (secondary N) is 2. The van der Waals surface area contributed by atoms with Gasteiger partial charge in [0.1, 0.15) is 6.33 Å². The Labute approximate surface area is 111 Å². The van der Waals surface area contributed by atoms with Gasteiger partial charge in [0, 0.05) is 19.2 Å². The molecule has 1 atom stereocenters. The molecule has 0 amide bonds. The number of ether oxygens (including phenoxy) is 1. The first-order chi connectivity index (χ1) is 8.95. The van der Waals surface area contributed by atoms with Gasteiger partial charge in [0.25, 0.3) is 0 Å². The highest BCUT2D eigenvalue weighted by Crippen LogP contribution is 2.29. The number of aromatic nitrogens is 2. The normalized spacial score (nSPS) is 12.3. The number of nitro groups is 1. The molecule has 106 valence electrons. The van der Waals surface area contributed by atoms with Crippen molar-refractivity contribution < 1.29 is 9.66 Å². The van der Waals surface area contributed by atoms with Gasteiger partial charge in [0.2, 0.25) is 11.6 Å². The van der Waals surface area contributed by atoms with Crippen molar-refractivity contribution in [3.63, 3.8) is 0 Å². The van der Waals surface area contributed by atoms with Crippen LogP contribution in [0.4, 0.5) is 17.3 Å². The van der Waals surface area contributed by atoms with Crippen LogP contribution in [0.15, 0.2) is 6.33 Å². The summed E-state index contributed by atoms with van der Waals surface area (Å²) in [6, 6.07) is -0.0525. The van der Waals surface area contributed by atoms with Crippen LogP contribution in [0.3, 0.4) is 0 Å². The molecule has 1 aromatic heterocycles. The maximum absolute atomic E-state index is 11.2. The minimum absolute atomic E-state index is 0.0397. The minimum atomic E-state index is -0.493. The second-order valence-electron chi connectivity index (χ2n) is 4.48. The topological polar surface area (TPSA) is 102 Å². The highest BCUT2D eigenvalue weighted by atomic mass is 16.6. The summed E-state index contributed by atoms with van der Waals surface area (Å²) >= 11 is 0. The quantitative estimate of drug-likeness (QED) is 0.573. The van der Waals surface area contributed by atoms with E-state index in [-0.39, 0.29) is 29.4 Å². The van der Waals surface area contributed by atoms with Gasteiger partial charge in [0.05, 0.1) is 11.5 Å². The van der Waals surface area contributed by atoms with Crippen LogP contribution in [0, 0.1) is 10.1 Å². The average Bonchev–Trinajstić information content (AvgIpc) is 2.27. The number of hydrogen-bond acceptors (Lipinski definition) is 7.